The molecule has 3 aromatic rings. The number of hydrogen-bond donors (Lipinski definition) is 1. The summed E-state index contributed by atoms with van der Waals surface area (Å²) >= 11 is 5.97. The van der Waals surface area contributed by atoms with Crippen LogP contribution in [0.4, 0.5) is 13.2 Å². The molecule has 1 heterocycles. The summed E-state index contributed by atoms with van der Waals surface area (Å²) in [5, 5.41) is 6.76. The highest BCUT2D eigenvalue weighted by Gasteiger charge is 2.30. The molecule has 0 atom stereocenters. The zero-order valence-electron chi connectivity index (χ0n) is 16.8. The van der Waals surface area contributed by atoms with Crippen molar-refractivity contribution >= 4 is 17.5 Å². The molecule has 0 aliphatic heterocycles. The number of rotatable bonds is 6. The molecule has 1 amide bonds. The predicted octanol–water partition coefficient (Wildman–Crippen LogP) is 3.25. The third kappa shape index (κ3) is 5.08. The molecule has 0 spiro atoms. The van der Waals surface area contributed by atoms with Crippen LogP contribution >= 0.6 is 11.6 Å². The van der Waals surface area contributed by atoms with Gasteiger partial charge in [-0.1, -0.05) is 30.7 Å². The van der Waals surface area contributed by atoms with Crippen LogP contribution < -0.4 is 16.6 Å². The van der Waals surface area contributed by atoms with E-state index in [1.165, 1.54) is 0 Å². The molecule has 0 bridgehead atoms. The molecule has 0 radical (unpaired) electrons. The standard InChI is InChI=1S/C21H18ClF3N4O3/c1-2-10-26-18(30)17-19(31)28(12-13-4-3-5-15(22)11-13)20(32)29(27-17)16-8-6-14(7-9-16)21(23,24)25/h3-9,11H,2,10,12H2,1H3,(H,26,30). The summed E-state index contributed by atoms with van der Waals surface area (Å²) in [7, 11) is 0. The number of nitrogens with zero attached hydrogens (tertiary/aromatic N) is 3. The summed E-state index contributed by atoms with van der Waals surface area (Å²) in [6.45, 7) is 1.87. The molecule has 0 aliphatic carbocycles. The first-order valence-electron chi connectivity index (χ1n) is 9.56. The maximum absolute atomic E-state index is 13.0. The number of carbonyl (C=O) groups is 1. The molecule has 0 unspecified atom stereocenters. The van der Waals surface area contributed by atoms with Gasteiger partial charge in [0.15, 0.2) is 0 Å². The Kier molecular flexibility index (Phi) is 6.83. The molecular formula is C21H18ClF3N4O3. The average molecular weight is 467 g/mol. The Labute approximate surface area is 185 Å². The van der Waals surface area contributed by atoms with Crippen LogP contribution in [0.3, 0.4) is 0 Å². The van der Waals surface area contributed by atoms with Gasteiger partial charge in [0.1, 0.15) is 0 Å². The van der Waals surface area contributed by atoms with Gasteiger partial charge >= 0.3 is 11.9 Å². The highest BCUT2D eigenvalue weighted by molar-refractivity contribution is 6.30. The number of amides is 1. The SMILES string of the molecule is CCCNC(=O)c1nn(-c2ccc(C(F)(F)F)cc2)c(=O)n(Cc2cccc(Cl)c2)c1=O. The van der Waals surface area contributed by atoms with Gasteiger partial charge in [0.05, 0.1) is 17.8 Å². The van der Waals surface area contributed by atoms with Crippen LogP contribution in [-0.2, 0) is 12.7 Å². The van der Waals surface area contributed by atoms with Gasteiger partial charge in [-0.25, -0.2) is 4.79 Å². The Bertz CT molecular complexity index is 1250. The van der Waals surface area contributed by atoms with E-state index >= 15 is 0 Å². The molecule has 0 saturated carbocycles. The largest absolute Gasteiger partial charge is 0.416 e. The third-order valence-corrected chi connectivity index (χ3v) is 4.71. The summed E-state index contributed by atoms with van der Waals surface area (Å²) in [6.07, 6.45) is -3.96. The maximum atomic E-state index is 13.0. The highest BCUT2D eigenvalue weighted by Crippen LogP contribution is 2.29. The minimum Gasteiger partial charge on any atom is -0.350 e. The normalized spacial score (nSPS) is 11.4. The molecular weight excluding hydrogens is 449 g/mol. The molecule has 0 aliphatic rings. The van der Waals surface area contributed by atoms with Gasteiger partial charge in [0, 0.05) is 11.6 Å². The Morgan fingerprint density at radius 3 is 2.41 bits per heavy atom. The summed E-state index contributed by atoms with van der Waals surface area (Å²) < 4.78 is 40.2. The lowest BCUT2D eigenvalue weighted by molar-refractivity contribution is -0.137. The zero-order chi connectivity index (χ0) is 23.5. The monoisotopic (exact) mass is 466 g/mol. The van der Waals surface area contributed by atoms with E-state index in [-0.39, 0.29) is 18.8 Å². The Hall–Kier alpha value is -3.40. The molecule has 11 heteroatoms. The predicted molar refractivity (Wildman–Crippen MR) is 112 cm³/mol. The number of aromatic nitrogens is 3. The minimum atomic E-state index is -4.56. The van der Waals surface area contributed by atoms with E-state index in [2.05, 4.69) is 10.4 Å². The van der Waals surface area contributed by atoms with Crippen molar-refractivity contribution in [2.24, 2.45) is 0 Å². The molecule has 0 fully saturated rings. The first-order chi connectivity index (χ1) is 15.1. The van der Waals surface area contributed by atoms with E-state index in [0.717, 1.165) is 33.5 Å². The van der Waals surface area contributed by atoms with Crippen LogP contribution in [0.1, 0.15) is 35.0 Å². The second kappa shape index (κ2) is 9.39. The lowest BCUT2D eigenvalue weighted by atomic mass is 10.2. The van der Waals surface area contributed by atoms with Crippen LogP contribution in [0.2, 0.25) is 5.02 Å². The van der Waals surface area contributed by atoms with Crippen molar-refractivity contribution in [2.75, 3.05) is 6.54 Å². The fourth-order valence-corrected chi connectivity index (χ4v) is 3.11. The van der Waals surface area contributed by atoms with Crippen LogP contribution in [-0.4, -0.2) is 26.8 Å². The molecule has 3 rings (SSSR count). The summed E-state index contributed by atoms with van der Waals surface area (Å²) in [4.78, 5) is 38.4. The molecule has 32 heavy (non-hydrogen) atoms. The quantitative estimate of drug-likeness (QED) is 0.604. The van der Waals surface area contributed by atoms with Gasteiger partial charge in [0.25, 0.3) is 11.5 Å². The number of hydrogen-bond acceptors (Lipinski definition) is 4. The van der Waals surface area contributed by atoms with Gasteiger partial charge < -0.3 is 5.32 Å². The molecule has 1 N–H and O–H groups in total. The Morgan fingerprint density at radius 1 is 1.12 bits per heavy atom. The van der Waals surface area contributed by atoms with Crippen molar-refractivity contribution in [1.82, 2.24) is 19.7 Å². The van der Waals surface area contributed by atoms with E-state index in [9.17, 15) is 27.6 Å². The molecule has 7 nitrogen and oxygen atoms in total. The van der Waals surface area contributed by atoms with E-state index in [0.29, 0.717) is 17.0 Å². The van der Waals surface area contributed by atoms with Crippen LogP contribution in [0.15, 0.2) is 58.1 Å². The van der Waals surface area contributed by atoms with Crippen LogP contribution in [0.25, 0.3) is 5.69 Å². The van der Waals surface area contributed by atoms with Crippen molar-refractivity contribution < 1.29 is 18.0 Å². The lowest BCUT2D eigenvalue weighted by Gasteiger charge is -2.13. The van der Waals surface area contributed by atoms with Crippen molar-refractivity contribution in [3.05, 3.63) is 91.2 Å². The second-order valence-electron chi connectivity index (χ2n) is 6.86. The van der Waals surface area contributed by atoms with Gasteiger partial charge in [-0.05, 0) is 48.4 Å². The Balaban J connectivity index is 2.17. The number of benzene rings is 2. The summed E-state index contributed by atoms with van der Waals surface area (Å²) in [5.41, 5.74) is -2.83. The van der Waals surface area contributed by atoms with Gasteiger partial charge in [0.2, 0.25) is 5.69 Å². The number of carbonyl (C=O) groups excluding carboxylic acids is 1. The van der Waals surface area contributed by atoms with Crippen LogP contribution in [0, 0.1) is 0 Å². The first kappa shape index (κ1) is 23.3. The van der Waals surface area contributed by atoms with Crippen molar-refractivity contribution in [3.63, 3.8) is 0 Å². The van der Waals surface area contributed by atoms with Crippen LogP contribution in [0.5, 0.6) is 0 Å². The molecule has 1 aromatic heterocycles. The maximum Gasteiger partial charge on any atom is 0.416 e. The number of nitrogens with one attached hydrogen (secondary N) is 1. The van der Waals surface area contributed by atoms with Crippen molar-refractivity contribution in [1.29, 1.82) is 0 Å². The van der Waals surface area contributed by atoms with E-state index < -0.39 is 34.6 Å². The van der Waals surface area contributed by atoms with E-state index in [1.807, 2.05) is 6.92 Å². The minimum absolute atomic E-state index is 0.0348. The smallest absolute Gasteiger partial charge is 0.350 e. The molecule has 168 valence electrons. The topological polar surface area (TPSA) is 86.0 Å². The van der Waals surface area contributed by atoms with Gasteiger partial charge in [-0.3, -0.25) is 14.2 Å². The fourth-order valence-electron chi connectivity index (χ4n) is 2.90. The summed E-state index contributed by atoms with van der Waals surface area (Å²) in [6, 6.07) is 10.1. The molecule has 2 aromatic carbocycles. The van der Waals surface area contributed by atoms with E-state index in [1.54, 1.807) is 24.3 Å². The van der Waals surface area contributed by atoms with Gasteiger partial charge in [-0.2, -0.15) is 23.0 Å². The van der Waals surface area contributed by atoms with E-state index in [4.69, 9.17) is 11.6 Å². The molecule has 0 saturated heterocycles. The summed E-state index contributed by atoms with van der Waals surface area (Å²) in [5.74, 6) is -0.794. The average Bonchev–Trinajstić information content (AvgIpc) is 2.74. The number of halogens is 4. The van der Waals surface area contributed by atoms with Crippen molar-refractivity contribution in [2.45, 2.75) is 26.1 Å². The fraction of sp³-hybridized carbons (Fsp3) is 0.238. The third-order valence-electron chi connectivity index (χ3n) is 4.48. The van der Waals surface area contributed by atoms with Crippen molar-refractivity contribution in [3.8, 4) is 5.69 Å². The van der Waals surface area contributed by atoms with Gasteiger partial charge in [-0.15, -0.1) is 0 Å². The zero-order valence-corrected chi connectivity index (χ0v) is 17.6. The number of alkyl halides is 3. The second-order valence-corrected chi connectivity index (χ2v) is 7.30. The first-order valence-corrected chi connectivity index (χ1v) is 9.94. The lowest BCUT2D eigenvalue weighted by Crippen LogP contribution is -2.46. The Morgan fingerprint density at radius 2 is 1.81 bits per heavy atom. The highest BCUT2D eigenvalue weighted by atomic mass is 35.5.